The van der Waals surface area contributed by atoms with Gasteiger partial charge in [0.25, 0.3) is 0 Å². The molecule has 4 rings (SSSR count). The van der Waals surface area contributed by atoms with Gasteiger partial charge in [0, 0.05) is 25.2 Å². The summed E-state index contributed by atoms with van der Waals surface area (Å²) in [5.74, 6) is 1.22. The molecule has 0 aliphatic carbocycles. The molecule has 0 saturated heterocycles. The summed E-state index contributed by atoms with van der Waals surface area (Å²) in [4.78, 5) is 14.5. The molecule has 1 atom stereocenters. The zero-order chi connectivity index (χ0) is 16.5. The molecule has 2 N–H and O–H groups in total. The Balaban J connectivity index is 1.72. The Kier molecular flexibility index (Phi) is 3.78. The quantitative estimate of drug-likeness (QED) is 0.765. The van der Waals surface area contributed by atoms with Gasteiger partial charge in [-0.15, -0.1) is 0 Å². The van der Waals surface area contributed by atoms with Gasteiger partial charge < -0.3 is 10.1 Å². The number of nitrogens with one attached hydrogen (secondary N) is 1. The summed E-state index contributed by atoms with van der Waals surface area (Å²) in [6.07, 6.45) is 4.27. The normalized spacial score (nSPS) is 17.8. The van der Waals surface area contributed by atoms with Crippen LogP contribution in [0.1, 0.15) is 35.7 Å². The molecule has 1 aliphatic heterocycles. The number of aromatic amines is 1. The maximum absolute atomic E-state index is 9.89. The van der Waals surface area contributed by atoms with Crippen LogP contribution in [0.25, 0.3) is 0 Å². The van der Waals surface area contributed by atoms with E-state index >= 15 is 0 Å². The Morgan fingerprint density at radius 3 is 3.08 bits per heavy atom. The Labute approximate surface area is 140 Å². The fourth-order valence-corrected chi connectivity index (χ4v) is 3.42. The standard InChI is InChI=1S/C17H20N6O/c1-2-23-15(19-11-21-23)9-22-7-6-14-16(20-10-18-14)17(22)12-4-3-5-13(24)8-12/h3-5,8,10-11,17,24H,2,6-7,9H2,1H3,(H,18,20)/t17-/m1/s1. The summed E-state index contributed by atoms with van der Waals surface area (Å²) < 4.78 is 1.92. The number of phenols is 1. The van der Waals surface area contributed by atoms with E-state index in [0.717, 1.165) is 42.3 Å². The Bertz CT molecular complexity index is 839. The van der Waals surface area contributed by atoms with Crippen LogP contribution in [0.3, 0.4) is 0 Å². The molecule has 0 spiro atoms. The second kappa shape index (κ2) is 6.09. The van der Waals surface area contributed by atoms with Crippen molar-refractivity contribution in [2.45, 2.75) is 32.5 Å². The molecule has 3 heterocycles. The average molecular weight is 324 g/mol. The number of H-pyrrole nitrogens is 1. The topological polar surface area (TPSA) is 82.9 Å². The fourth-order valence-electron chi connectivity index (χ4n) is 3.42. The highest BCUT2D eigenvalue weighted by atomic mass is 16.3. The molecule has 0 amide bonds. The molecule has 24 heavy (non-hydrogen) atoms. The number of hydrogen-bond acceptors (Lipinski definition) is 5. The summed E-state index contributed by atoms with van der Waals surface area (Å²) in [6.45, 7) is 4.45. The summed E-state index contributed by atoms with van der Waals surface area (Å²) >= 11 is 0. The molecular formula is C17H20N6O. The lowest BCUT2D eigenvalue weighted by Crippen LogP contribution is -2.36. The number of aromatic nitrogens is 5. The number of imidazole rings is 1. The maximum atomic E-state index is 9.89. The molecular weight excluding hydrogens is 304 g/mol. The molecule has 1 aliphatic rings. The number of rotatable bonds is 4. The third kappa shape index (κ3) is 2.56. The van der Waals surface area contributed by atoms with E-state index in [0.29, 0.717) is 6.54 Å². The van der Waals surface area contributed by atoms with Crippen molar-refractivity contribution in [1.29, 1.82) is 0 Å². The predicted molar refractivity (Wildman–Crippen MR) is 88.3 cm³/mol. The van der Waals surface area contributed by atoms with Crippen LogP contribution >= 0.6 is 0 Å². The van der Waals surface area contributed by atoms with Gasteiger partial charge in [-0.25, -0.2) is 14.6 Å². The molecule has 1 aromatic carbocycles. The van der Waals surface area contributed by atoms with Gasteiger partial charge in [-0.05, 0) is 24.6 Å². The van der Waals surface area contributed by atoms with E-state index in [1.807, 2.05) is 22.9 Å². The number of fused-ring (bicyclic) bond motifs is 1. The van der Waals surface area contributed by atoms with Gasteiger partial charge in [-0.1, -0.05) is 12.1 Å². The van der Waals surface area contributed by atoms with Gasteiger partial charge >= 0.3 is 0 Å². The zero-order valence-electron chi connectivity index (χ0n) is 13.6. The van der Waals surface area contributed by atoms with Crippen molar-refractivity contribution in [2.24, 2.45) is 0 Å². The third-order valence-corrected chi connectivity index (χ3v) is 4.55. The summed E-state index contributed by atoms with van der Waals surface area (Å²) in [5.41, 5.74) is 3.22. The van der Waals surface area contributed by atoms with E-state index in [1.165, 1.54) is 0 Å². The lowest BCUT2D eigenvalue weighted by molar-refractivity contribution is 0.191. The van der Waals surface area contributed by atoms with Crippen molar-refractivity contribution < 1.29 is 5.11 Å². The van der Waals surface area contributed by atoms with Crippen LogP contribution in [0.15, 0.2) is 36.9 Å². The largest absolute Gasteiger partial charge is 0.508 e. The van der Waals surface area contributed by atoms with Gasteiger partial charge in [0.1, 0.15) is 17.9 Å². The third-order valence-electron chi connectivity index (χ3n) is 4.55. The molecule has 3 aromatic rings. The predicted octanol–water partition coefficient (Wildman–Crippen LogP) is 1.87. The molecule has 0 fully saturated rings. The SMILES string of the molecule is CCn1ncnc1CN1CCc2[nH]cnc2[C@H]1c1cccc(O)c1. The molecule has 7 nitrogen and oxygen atoms in total. The van der Waals surface area contributed by atoms with Gasteiger partial charge in [0.05, 0.1) is 24.6 Å². The van der Waals surface area contributed by atoms with E-state index in [2.05, 4.69) is 31.9 Å². The highest BCUT2D eigenvalue weighted by Crippen LogP contribution is 2.35. The lowest BCUT2D eigenvalue weighted by Gasteiger charge is -2.34. The van der Waals surface area contributed by atoms with Crippen molar-refractivity contribution >= 4 is 0 Å². The second-order valence-corrected chi connectivity index (χ2v) is 5.98. The first kappa shape index (κ1) is 14.9. The van der Waals surface area contributed by atoms with Crippen LogP contribution in [0, 0.1) is 0 Å². The van der Waals surface area contributed by atoms with Crippen LogP contribution in [-0.4, -0.2) is 41.3 Å². The van der Waals surface area contributed by atoms with Gasteiger partial charge in [0.2, 0.25) is 0 Å². The molecule has 2 aromatic heterocycles. The number of hydrogen-bond donors (Lipinski definition) is 2. The van der Waals surface area contributed by atoms with Crippen LogP contribution in [0.2, 0.25) is 0 Å². The van der Waals surface area contributed by atoms with Gasteiger partial charge in [-0.3, -0.25) is 4.90 Å². The average Bonchev–Trinajstić information content (AvgIpc) is 3.23. The van der Waals surface area contributed by atoms with Crippen molar-refractivity contribution in [2.75, 3.05) is 6.54 Å². The van der Waals surface area contributed by atoms with Crippen molar-refractivity contribution in [3.63, 3.8) is 0 Å². The minimum atomic E-state index is -0.00546. The molecule has 0 saturated carbocycles. The summed E-state index contributed by atoms with van der Waals surface area (Å²) in [5, 5.41) is 14.2. The zero-order valence-corrected chi connectivity index (χ0v) is 13.6. The molecule has 7 heteroatoms. The van der Waals surface area contributed by atoms with E-state index in [-0.39, 0.29) is 11.8 Å². The first-order valence-electron chi connectivity index (χ1n) is 8.18. The highest BCUT2D eigenvalue weighted by molar-refractivity contribution is 5.36. The number of nitrogens with zero attached hydrogens (tertiary/aromatic N) is 5. The van der Waals surface area contributed by atoms with E-state index in [9.17, 15) is 5.11 Å². The van der Waals surface area contributed by atoms with Crippen molar-refractivity contribution in [3.8, 4) is 5.75 Å². The summed E-state index contributed by atoms with van der Waals surface area (Å²) in [7, 11) is 0. The molecule has 0 unspecified atom stereocenters. The number of phenolic OH excluding ortho intramolecular Hbond substituents is 1. The van der Waals surface area contributed by atoms with E-state index in [4.69, 9.17) is 0 Å². The number of benzene rings is 1. The Morgan fingerprint density at radius 1 is 1.33 bits per heavy atom. The Hall–Kier alpha value is -2.67. The minimum absolute atomic E-state index is 0.00546. The number of aromatic hydroxyl groups is 1. The van der Waals surface area contributed by atoms with E-state index in [1.54, 1.807) is 18.7 Å². The smallest absolute Gasteiger partial charge is 0.141 e. The monoisotopic (exact) mass is 324 g/mol. The fraction of sp³-hybridized carbons (Fsp3) is 0.353. The van der Waals surface area contributed by atoms with Crippen molar-refractivity contribution in [3.05, 3.63) is 59.7 Å². The van der Waals surface area contributed by atoms with Crippen LogP contribution in [0.5, 0.6) is 5.75 Å². The second-order valence-electron chi connectivity index (χ2n) is 5.98. The molecule has 0 radical (unpaired) electrons. The van der Waals surface area contributed by atoms with E-state index < -0.39 is 0 Å². The van der Waals surface area contributed by atoms with Crippen molar-refractivity contribution in [1.82, 2.24) is 29.6 Å². The number of aryl methyl sites for hydroxylation is 1. The highest BCUT2D eigenvalue weighted by Gasteiger charge is 2.31. The molecule has 0 bridgehead atoms. The van der Waals surface area contributed by atoms with Gasteiger partial charge in [-0.2, -0.15) is 5.10 Å². The van der Waals surface area contributed by atoms with Crippen LogP contribution < -0.4 is 0 Å². The lowest BCUT2D eigenvalue weighted by atomic mass is 9.95. The maximum Gasteiger partial charge on any atom is 0.141 e. The molecule has 124 valence electrons. The van der Waals surface area contributed by atoms with Crippen LogP contribution in [-0.2, 0) is 19.5 Å². The first-order chi connectivity index (χ1) is 11.8. The minimum Gasteiger partial charge on any atom is -0.508 e. The van der Waals surface area contributed by atoms with Gasteiger partial charge in [0.15, 0.2) is 0 Å². The van der Waals surface area contributed by atoms with Crippen LogP contribution in [0.4, 0.5) is 0 Å². The Morgan fingerprint density at radius 2 is 2.25 bits per heavy atom. The summed E-state index contributed by atoms with van der Waals surface area (Å²) in [6, 6.07) is 7.40. The first-order valence-corrected chi connectivity index (χ1v) is 8.18.